The number of aromatic nitrogens is 2. The first kappa shape index (κ1) is 17.5. The molecule has 0 radical (unpaired) electrons. The van der Waals surface area contributed by atoms with Crippen LogP contribution >= 0.6 is 0 Å². The number of carbonyl (C=O) groups is 1. The van der Waals surface area contributed by atoms with Gasteiger partial charge in [0, 0.05) is 30.0 Å². The summed E-state index contributed by atoms with van der Waals surface area (Å²) in [6.45, 7) is 0.706. The summed E-state index contributed by atoms with van der Waals surface area (Å²) in [5.74, 6) is -0.160. The average Bonchev–Trinajstić information content (AvgIpc) is 2.72. The summed E-state index contributed by atoms with van der Waals surface area (Å²) in [5, 5.41) is 0.877. The summed E-state index contributed by atoms with van der Waals surface area (Å²) in [7, 11) is 0. The average molecular weight is 361 g/mol. The summed E-state index contributed by atoms with van der Waals surface area (Å²) in [6, 6.07) is 15.3. The van der Waals surface area contributed by atoms with E-state index in [0.29, 0.717) is 6.54 Å². The number of H-pyrrole nitrogens is 1. The number of amides is 1. The quantitative estimate of drug-likeness (QED) is 0.773. The lowest BCUT2D eigenvalue weighted by Crippen LogP contribution is -2.45. The molecule has 1 saturated heterocycles. The van der Waals surface area contributed by atoms with E-state index in [0.717, 1.165) is 48.7 Å². The highest BCUT2D eigenvalue weighted by Crippen LogP contribution is 2.23. The van der Waals surface area contributed by atoms with Crippen molar-refractivity contribution in [3.05, 3.63) is 76.3 Å². The summed E-state index contributed by atoms with van der Waals surface area (Å²) in [5.41, 5.74) is 1.72. The standard InChI is InChI=1S/C22H23N3O2/c26-21-19(15-16-7-1-2-10-20(16)24-21)22(27)25-14-6-4-9-18(25)12-11-17-8-3-5-13-23-17/h1-3,5,7-8,10,13,15,18H,4,6,9,11-12,14H2,(H,24,26)/t18-/m1/s1. The molecule has 1 fully saturated rings. The van der Waals surface area contributed by atoms with Crippen LogP contribution in [0.2, 0.25) is 0 Å². The van der Waals surface area contributed by atoms with Crippen LogP contribution in [0.1, 0.15) is 41.7 Å². The van der Waals surface area contributed by atoms with Crippen LogP contribution in [-0.4, -0.2) is 33.4 Å². The Hall–Kier alpha value is -2.95. The van der Waals surface area contributed by atoms with Crippen LogP contribution in [0.5, 0.6) is 0 Å². The maximum Gasteiger partial charge on any atom is 0.261 e. The van der Waals surface area contributed by atoms with Crippen LogP contribution < -0.4 is 5.56 Å². The van der Waals surface area contributed by atoms with E-state index in [4.69, 9.17) is 0 Å². The second-order valence-electron chi connectivity index (χ2n) is 7.11. The normalized spacial score (nSPS) is 17.2. The summed E-state index contributed by atoms with van der Waals surface area (Å²) < 4.78 is 0. The van der Waals surface area contributed by atoms with E-state index in [1.165, 1.54) is 0 Å². The predicted molar refractivity (Wildman–Crippen MR) is 106 cm³/mol. The lowest BCUT2D eigenvalue weighted by atomic mass is 9.96. The number of para-hydroxylation sites is 1. The van der Waals surface area contributed by atoms with Gasteiger partial charge in [-0.2, -0.15) is 0 Å². The molecule has 3 heterocycles. The first-order valence-electron chi connectivity index (χ1n) is 9.55. The Morgan fingerprint density at radius 2 is 2.00 bits per heavy atom. The number of hydrogen-bond donors (Lipinski definition) is 1. The van der Waals surface area contributed by atoms with Crippen LogP contribution in [0.15, 0.2) is 59.5 Å². The Morgan fingerprint density at radius 1 is 1.15 bits per heavy atom. The van der Waals surface area contributed by atoms with Crippen molar-refractivity contribution < 1.29 is 4.79 Å². The predicted octanol–water partition coefficient (Wildman–Crippen LogP) is 3.55. The SMILES string of the molecule is O=C(c1cc2ccccc2[nH]c1=O)N1CCCC[C@@H]1CCc1ccccn1. The molecule has 4 rings (SSSR count). The molecule has 0 saturated carbocycles. The van der Waals surface area contributed by atoms with Gasteiger partial charge in [-0.25, -0.2) is 0 Å². The molecule has 138 valence electrons. The van der Waals surface area contributed by atoms with Gasteiger partial charge in [-0.05, 0) is 61.8 Å². The van der Waals surface area contributed by atoms with E-state index < -0.39 is 0 Å². The molecule has 0 bridgehead atoms. The molecule has 3 aromatic rings. The summed E-state index contributed by atoms with van der Waals surface area (Å²) in [6.07, 6.45) is 6.58. The Balaban J connectivity index is 1.57. The number of aryl methyl sites for hydroxylation is 1. The maximum atomic E-state index is 13.2. The number of rotatable bonds is 4. The summed E-state index contributed by atoms with van der Waals surface area (Å²) in [4.78, 5) is 34.8. The van der Waals surface area contributed by atoms with Crippen LogP contribution in [0.4, 0.5) is 0 Å². The number of likely N-dealkylation sites (tertiary alicyclic amines) is 1. The highest BCUT2D eigenvalue weighted by molar-refractivity contribution is 5.97. The third-order valence-corrected chi connectivity index (χ3v) is 5.33. The molecule has 27 heavy (non-hydrogen) atoms. The molecular weight excluding hydrogens is 338 g/mol. The van der Waals surface area contributed by atoms with Crippen molar-refractivity contribution in [3.8, 4) is 0 Å². The minimum Gasteiger partial charge on any atom is -0.335 e. The van der Waals surface area contributed by atoms with Gasteiger partial charge in [0.15, 0.2) is 0 Å². The molecule has 5 nitrogen and oxygen atoms in total. The third kappa shape index (κ3) is 3.77. The molecule has 1 aromatic carbocycles. The minimum absolute atomic E-state index is 0.152. The fourth-order valence-electron chi connectivity index (χ4n) is 3.89. The molecular formula is C22H23N3O2. The monoisotopic (exact) mass is 361 g/mol. The highest BCUT2D eigenvalue weighted by atomic mass is 16.2. The van der Waals surface area contributed by atoms with Gasteiger partial charge in [-0.3, -0.25) is 14.6 Å². The maximum absolute atomic E-state index is 13.2. The van der Waals surface area contributed by atoms with Gasteiger partial charge in [0.25, 0.3) is 11.5 Å². The topological polar surface area (TPSA) is 66.1 Å². The molecule has 1 atom stereocenters. The van der Waals surface area contributed by atoms with E-state index in [1.807, 2.05) is 47.4 Å². The van der Waals surface area contributed by atoms with E-state index >= 15 is 0 Å². The fourth-order valence-corrected chi connectivity index (χ4v) is 3.89. The van der Waals surface area contributed by atoms with E-state index in [-0.39, 0.29) is 23.1 Å². The molecule has 0 spiro atoms. The van der Waals surface area contributed by atoms with Gasteiger partial charge >= 0.3 is 0 Å². The first-order chi connectivity index (χ1) is 13.2. The fraction of sp³-hybridized carbons (Fsp3) is 0.318. The van der Waals surface area contributed by atoms with Crippen molar-refractivity contribution in [1.82, 2.24) is 14.9 Å². The molecule has 0 aliphatic carbocycles. The molecule has 0 unspecified atom stereocenters. The smallest absolute Gasteiger partial charge is 0.261 e. The van der Waals surface area contributed by atoms with Crippen LogP contribution in [0, 0.1) is 0 Å². The zero-order chi connectivity index (χ0) is 18.6. The Kier molecular flexibility index (Phi) is 5.01. The first-order valence-corrected chi connectivity index (χ1v) is 9.55. The van der Waals surface area contributed by atoms with Gasteiger partial charge in [0.1, 0.15) is 5.56 Å². The number of aromatic amines is 1. The molecule has 5 heteroatoms. The van der Waals surface area contributed by atoms with Crippen LogP contribution in [0.25, 0.3) is 10.9 Å². The Bertz CT molecular complexity index is 997. The van der Waals surface area contributed by atoms with Crippen LogP contribution in [-0.2, 0) is 6.42 Å². The van der Waals surface area contributed by atoms with Gasteiger partial charge in [0.2, 0.25) is 0 Å². The second-order valence-corrected chi connectivity index (χ2v) is 7.11. The van der Waals surface area contributed by atoms with Gasteiger partial charge in [0.05, 0.1) is 0 Å². The van der Waals surface area contributed by atoms with E-state index in [1.54, 1.807) is 12.3 Å². The molecule has 1 aliphatic heterocycles. The van der Waals surface area contributed by atoms with Crippen molar-refractivity contribution in [2.75, 3.05) is 6.54 Å². The molecule has 1 amide bonds. The minimum atomic E-state index is -0.312. The van der Waals surface area contributed by atoms with E-state index in [2.05, 4.69) is 9.97 Å². The van der Waals surface area contributed by atoms with E-state index in [9.17, 15) is 9.59 Å². The van der Waals surface area contributed by atoms with Crippen molar-refractivity contribution >= 4 is 16.8 Å². The largest absolute Gasteiger partial charge is 0.335 e. The number of pyridine rings is 2. The Morgan fingerprint density at radius 3 is 2.85 bits per heavy atom. The number of nitrogens with one attached hydrogen (secondary N) is 1. The second kappa shape index (κ2) is 7.74. The van der Waals surface area contributed by atoms with Gasteiger partial charge in [-0.1, -0.05) is 24.3 Å². The van der Waals surface area contributed by atoms with Crippen molar-refractivity contribution in [2.45, 2.75) is 38.1 Å². The van der Waals surface area contributed by atoms with Crippen molar-refractivity contribution in [1.29, 1.82) is 0 Å². The number of carbonyl (C=O) groups excluding carboxylic acids is 1. The molecule has 2 aromatic heterocycles. The number of hydrogen-bond acceptors (Lipinski definition) is 3. The number of benzene rings is 1. The summed E-state index contributed by atoms with van der Waals surface area (Å²) >= 11 is 0. The number of piperidine rings is 1. The molecule has 1 aliphatic rings. The van der Waals surface area contributed by atoms with Gasteiger partial charge in [-0.15, -0.1) is 0 Å². The molecule has 1 N–H and O–H groups in total. The van der Waals surface area contributed by atoms with Gasteiger partial charge < -0.3 is 9.88 Å². The van der Waals surface area contributed by atoms with Crippen molar-refractivity contribution in [3.63, 3.8) is 0 Å². The Labute approximate surface area is 158 Å². The van der Waals surface area contributed by atoms with Crippen LogP contribution in [0.3, 0.4) is 0 Å². The zero-order valence-electron chi connectivity index (χ0n) is 15.2. The number of fused-ring (bicyclic) bond motifs is 1. The number of nitrogens with zero attached hydrogens (tertiary/aromatic N) is 2. The zero-order valence-corrected chi connectivity index (χ0v) is 15.2. The lowest BCUT2D eigenvalue weighted by molar-refractivity contribution is 0.0600. The third-order valence-electron chi connectivity index (χ3n) is 5.33. The lowest BCUT2D eigenvalue weighted by Gasteiger charge is -2.35. The van der Waals surface area contributed by atoms with Crippen molar-refractivity contribution in [2.24, 2.45) is 0 Å². The highest BCUT2D eigenvalue weighted by Gasteiger charge is 2.28.